The molecule has 0 aliphatic carbocycles. The van der Waals surface area contributed by atoms with Crippen LogP contribution in [0, 0.1) is 0 Å². The van der Waals surface area contributed by atoms with E-state index >= 15 is 0 Å². The largest absolute Gasteiger partial charge is 0.370 e. The highest BCUT2D eigenvalue weighted by molar-refractivity contribution is 9.10. The number of pyridine rings is 1. The minimum atomic E-state index is -0.150. The molecule has 0 unspecified atom stereocenters. The molecule has 1 heterocycles. The smallest absolute Gasteiger partial charge is 0.257 e. The number of rotatable bonds is 5. The van der Waals surface area contributed by atoms with Crippen molar-refractivity contribution in [2.45, 2.75) is 20.3 Å². The molecular weight excluding hydrogens is 330 g/mol. The number of nitrogens with one attached hydrogen (secondary N) is 2. The molecule has 0 aliphatic heterocycles. The molecule has 2 aromatic rings. The van der Waals surface area contributed by atoms with Crippen LogP contribution >= 0.6 is 15.9 Å². The summed E-state index contributed by atoms with van der Waals surface area (Å²) in [5.74, 6) is 0.620. The number of amides is 1. The van der Waals surface area contributed by atoms with Crippen molar-refractivity contribution >= 4 is 33.3 Å². The highest BCUT2D eigenvalue weighted by Gasteiger charge is 2.09. The van der Waals surface area contributed by atoms with E-state index in [1.165, 1.54) is 0 Å². The van der Waals surface area contributed by atoms with Gasteiger partial charge in [-0.3, -0.25) is 4.79 Å². The average Bonchev–Trinajstić information content (AvgIpc) is 2.50. The van der Waals surface area contributed by atoms with E-state index in [1.807, 2.05) is 25.1 Å². The quantitative estimate of drug-likeness (QED) is 0.856. The first-order valence-corrected chi connectivity index (χ1v) is 7.73. The Balaban J connectivity index is 2.14. The first kappa shape index (κ1) is 15.5. The Bertz CT molecular complexity index is 626. The van der Waals surface area contributed by atoms with E-state index in [0.29, 0.717) is 5.56 Å². The average molecular weight is 348 g/mol. The third-order valence-electron chi connectivity index (χ3n) is 3.08. The Hall–Kier alpha value is -1.88. The lowest BCUT2D eigenvalue weighted by Crippen LogP contribution is -2.13. The van der Waals surface area contributed by atoms with Gasteiger partial charge >= 0.3 is 0 Å². The van der Waals surface area contributed by atoms with Crippen molar-refractivity contribution in [3.8, 4) is 0 Å². The lowest BCUT2D eigenvalue weighted by atomic mass is 10.1. The molecule has 0 spiro atoms. The molecule has 0 saturated heterocycles. The predicted octanol–water partition coefficient (Wildman–Crippen LogP) is 4.09. The zero-order chi connectivity index (χ0) is 15.2. The molecule has 2 rings (SSSR count). The lowest BCUT2D eigenvalue weighted by molar-refractivity contribution is 0.102. The van der Waals surface area contributed by atoms with Gasteiger partial charge in [-0.15, -0.1) is 0 Å². The topological polar surface area (TPSA) is 54.0 Å². The van der Waals surface area contributed by atoms with Crippen molar-refractivity contribution in [3.63, 3.8) is 0 Å². The Morgan fingerprint density at radius 1 is 1.24 bits per heavy atom. The number of anilines is 2. The first-order valence-electron chi connectivity index (χ1n) is 6.93. The maximum absolute atomic E-state index is 12.3. The van der Waals surface area contributed by atoms with E-state index in [9.17, 15) is 4.79 Å². The third-order valence-corrected chi connectivity index (χ3v) is 3.57. The molecule has 5 heteroatoms. The SMILES string of the molecule is CCNc1ccc(C(=O)Nc2ccc(Br)cc2CC)cn1. The number of benzene rings is 1. The Morgan fingerprint density at radius 3 is 2.67 bits per heavy atom. The number of hydrogen-bond donors (Lipinski definition) is 2. The van der Waals surface area contributed by atoms with Crippen LogP contribution in [0.1, 0.15) is 29.8 Å². The van der Waals surface area contributed by atoms with Crippen LogP contribution in [0.15, 0.2) is 41.0 Å². The molecule has 1 aromatic heterocycles. The van der Waals surface area contributed by atoms with Crippen LogP contribution in [-0.4, -0.2) is 17.4 Å². The van der Waals surface area contributed by atoms with Gasteiger partial charge in [0.1, 0.15) is 5.82 Å². The minimum absolute atomic E-state index is 0.150. The number of aromatic nitrogens is 1. The number of hydrogen-bond acceptors (Lipinski definition) is 3. The molecule has 1 amide bonds. The second kappa shape index (κ2) is 7.22. The van der Waals surface area contributed by atoms with Gasteiger partial charge in [-0.25, -0.2) is 4.98 Å². The van der Waals surface area contributed by atoms with Crippen molar-refractivity contribution < 1.29 is 4.79 Å². The van der Waals surface area contributed by atoms with Gasteiger partial charge in [-0.2, -0.15) is 0 Å². The fourth-order valence-electron chi connectivity index (χ4n) is 1.99. The van der Waals surface area contributed by atoms with E-state index in [4.69, 9.17) is 0 Å². The van der Waals surface area contributed by atoms with Crippen molar-refractivity contribution in [2.24, 2.45) is 0 Å². The highest BCUT2D eigenvalue weighted by atomic mass is 79.9. The molecule has 0 fully saturated rings. The molecule has 1 aromatic carbocycles. The van der Waals surface area contributed by atoms with Crippen molar-refractivity contribution in [1.29, 1.82) is 0 Å². The van der Waals surface area contributed by atoms with Crippen LogP contribution < -0.4 is 10.6 Å². The molecule has 0 atom stereocenters. The summed E-state index contributed by atoms with van der Waals surface area (Å²) in [6.07, 6.45) is 2.43. The van der Waals surface area contributed by atoms with E-state index in [1.54, 1.807) is 18.3 Å². The van der Waals surface area contributed by atoms with Gasteiger partial charge in [0.15, 0.2) is 0 Å². The summed E-state index contributed by atoms with van der Waals surface area (Å²) in [5, 5.41) is 6.04. The number of halogens is 1. The van der Waals surface area contributed by atoms with Crippen molar-refractivity contribution in [1.82, 2.24) is 4.98 Å². The zero-order valence-electron chi connectivity index (χ0n) is 12.1. The summed E-state index contributed by atoms with van der Waals surface area (Å²) in [4.78, 5) is 16.5. The summed E-state index contributed by atoms with van der Waals surface area (Å²) in [5.41, 5.74) is 2.47. The van der Waals surface area contributed by atoms with E-state index in [2.05, 4.69) is 38.5 Å². The fraction of sp³-hybridized carbons (Fsp3) is 0.250. The maximum Gasteiger partial charge on any atom is 0.257 e. The summed E-state index contributed by atoms with van der Waals surface area (Å²) in [6, 6.07) is 9.41. The Kier molecular flexibility index (Phi) is 5.33. The Morgan fingerprint density at radius 2 is 2.05 bits per heavy atom. The second-order valence-electron chi connectivity index (χ2n) is 4.57. The molecule has 0 saturated carbocycles. The van der Waals surface area contributed by atoms with E-state index < -0.39 is 0 Å². The van der Waals surface area contributed by atoms with Gasteiger partial charge in [0.05, 0.1) is 5.56 Å². The van der Waals surface area contributed by atoms with Crippen molar-refractivity contribution in [3.05, 3.63) is 52.1 Å². The monoisotopic (exact) mass is 347 g/mol. The molecule has 21 heavy (non-hydrogen) atoms. The van der Waals surface area contributed by atoms with Crippen LogP contribution in [0.2, 0.25) is 0 Å². The maximum atomic E-state index is 12.3. The normalized spacial score (nSPS) is 10.2. The van der Waals surface area contributed by atoms with E-state index in [-0.39, 0.29) is 5.91 Å². The number of nitrogens with zero attached hydrogens (tertiary/aromatic N) is 1. The zero-order valence-corrected chi connectivity index (χ0v) is 13.7. The first-order chi connectivity index (χ1) is 10.1. The molecule has 4 nitrogen and oxygen atoms in total. The van der Waals surface area contributed by atoms with Crippen LogP contribution in [0.5, 0.6) is 0 Å². The molecular formula is C16H18BrN3O. The van der Waals surface area contributed by atoms with Gasteiger partial charge in [-0.1, -0.05) is 22.9 Å². The van der Waals surface area contributed by atoms with Gasteiger partial charge in [0, 0.05) is 22.9 Å². The predicted molar refractivity (Wildman–Crippen MR) is 89.9 cm³/mol. The van der Waals surface area contributed by atoms with Gasteiger partial charge in [-0.05, 0) is 49.2 Å². The second-order valence-corrected chi connectivity index (χ2v) is 5.49. The number of carbonyl (C=O) groups excluding carboxylic acids is 1. The molecule has 2 N–H and O–H groups in total. The molecule has 0 radical (unpaired) electrons. The van der Waals surface area contributed by atoms with Gasteiger partial charge < -0.3 is 10.6 Å². The van der Waals surface area contributed by atoms with Gasteiger partial charge in [0.25, 0.3) is 5.91 Å². The highest BCUT2D eigenvalue weighted by Crippen LogP contribution is 2.22. The Labute approximate surface area is 133 Å². The van der Waals surface area contributed by atoms with Crippen LogP contribution in [0.4, 0.5) is 11.5 Å². The third kappa shape index (κ3) is 4.04. The summed E-state index contributed by atoms with van der Waals surface area (Å²) >= 11 is 3.44. The van der Waals surface area contributed by atoms with Crippen LogP contribution in [0.3, 0.4) is 0 Å². The molecule has 0 bridgehead atoms. The summed E-state index contributed by atoms with van der Waals surface area (Å²) in [7, 11) is 0. The fourth-order valence-corrected chi connectivity index (χ4v) is 2.39. The number of aryl methyl sites for hydroxylation is 1. The molecule has 0 aliphatic rings. The van der Waals surface area contributed by atoms with Crippen LogP contribution in [-0.2, 0) is 6.42 Å². The summed E-state index contributed by atoms with van der Waals surface area (Å²) < 4.78 is 1.01. The van der Waals surface area contributed by atoms with E-state index in [0.717, 1.165) is 34.5 Å². The lowest BCUT2D eigenvalue weighted by Gasteiger charge is -2.10. The summed E-state index contributed by atoms with van der Waals surface area (Å²) in [6.45, 7) is 4.86. The van der Waals surface area contributed by atoms with Gasteiger partial charge in [0.2, 0.25) is 0 Å². The molecule has 110 valence electrons. The number of carbonyl (C=O) groups is 1. The van der Waals surface area contributed by atoms with Crippen molar-refractivity contribution in [2.75, 3.05) is 17.2 Å². The minimum Gasteiger partial charge on any atom is -0.370 e. The standard InChI is InChI=1S/C16H18BrN3O/c1-3-11-9-13(17)6-7-14(11)20-16(21)12-5-8-15(18-4-2)19-10-12/h5-10H,3-4H2,1-2H3,(H,18,19)(H,20,21). The van der Waals surface area contributed by atoms with Crippen LogP contribution in [0.25, 0.3) is 0 Å².